The van der Waals surface area contributed by atoms with Crippen LogP contribution in [0.4, 0.5) is 11.4 Å². The van der Waals surface area contributed by atoms with E-state index in [1.54, 1.807) is 6.07 Å². The van der Waals surface area contributed by atoms with Crippen LogP contribution < -0.4 is 14.5 Å². The molecule has 24 heavy (non-hydrogen) atoms. The summed E-state index contributed by atoms with van der Waals surface area (Å²) in [5.41, 5.74) is 1.23. The minimum atomic E-state index is -0.365. The maximum atomic E-state index is 11.2. The van der Waals surface area contributed by atoms with E-state index in [0.717, 1.165) is 49.4 Å². The topological polar surface area (TPSA) is 64.4 Å². The van der Waals surface area contributed by atoms with Crippen LogP contribution in [-0.4, -0.2) is 44.3 Å². The minimum absolute atomic E-state index is 0.0510. The lowest BCUT2D eigenvalue weighted by Gasteiger charge is -2.49. The number of rotatable bonds is 4. The molecule has 1 aromatic rings. The third-order valence-corrected chi connectivity index (χ3v) is 5.92. The first-order chi connectivity index (χ1) is 11.6. The second-order valence-corrected chi connectivity index (χ2v) is 7.26. The lowest BCUT2D eigenvalue weighted by molar-refractivity contribution is -0.385. The maximum Gasteiger partial charge on any atom is 0.311 e. The highest BCUT2D eigenvalue weighted by Crippen LogP contribution is 2.40. The third kappa shape index (κ3) is 3.13. The van der Waals surface area contributed by atoms with Crippen LogP contribution in [0.3, 0.4) is 0 Å². The van der Waals surface area contributed by atoms with E-state index in [-0.39, 0.29) is 10.6 Å². The first-order valence-electron chi connectivity index (χ1n) is 8.97. The van der Waals surface area contributed by atoms with E-state index in [0.29, 0.717) is 11.8 Å². The number of nitrogens with one attached hydrogen (secondary N) is 1. The van der Waals surface area contributed by atoms with Gasteiger partial charge in [0.2, 0.25) is 5.75 Å². The van der Waals surface area contributed by atoms with Crippen LogP contribution in [0, 0.1) is 16.0 Å². The molecular weight excluding hydrogens is 306 g/mol. The molecule has 0 aliphatic carbocycles. The van der Waals surface area contributed by atoms with Crippen LogP contribution in [0.5, 0.6) is 5.75 Å². The molecule has 3 rings (SSSR count). The maximum absolute atomic E-state index is 11.2. The monoisotopic (exact) mass is 334 g/mol. The van der Waals surface area contributed by atoms with Crippen molar-refractivity contribution in [2.75, 3.05) is 33.3 Å². The summed E-state index contributed by atoms with van der Waals surface area (Å²) >= 11 is 0. The van der Waals surface area contributed by atoms with Crippen molar-refractivity contribution in [3.8, 4) is 5.75 Å². The van der Waals surface area contributed by atoms with Gasteiger partial charge in [0.15, 0.2) is 0 Å². The zero-order chi connectivity index (χ0) is 17.2. The second-order valence-electron chi connectivity index (χ2n) is 7.26. The van der Waals surface area contributed by atoms with E-state index in [1.165, 1.54) is 25.6 Å². The van der Waals surface area contributed by atoms with Crippen molar-refractivity contribution < 1.29 is 9.66 Å². The average molecular weight is 334 g/mol. The van der Waals surface area contributed by atoms with E-state index >= 15 is 0 Å². The lowest BCUT2D eigenvalue weighted by atomic mass is 9.90. The highest BCUT2D eigenvalue weighted by molar-refractivity contribution is 5.58. The van der Waals surface area contributed by atoms with Crippen molar-refractivity contribution >= 4 is 11.4 Å². The quantitative estimate of drug-likeness (QED) is 0.522. The van der Waals surface area contributed by atoms with Crippen molar-refractivity contribution in [2.45, 2.75) is 38.6 Å². The molecule has 0 atom stereocenters. The number of quaternary nitrogens is 1. The number of methoxy groups -OCH3 is 1. The van der Waals surface area contributed by atoms with Crippen LogP contribution >= 0.6 is 0 Å². The number of nitro groups is 1. The molecule has 2 saturated heterocycles. The van der Waals surface area contributed by atoms with Crippen LogP contribution in [0.1, 0.15) is 32.6 Å². The lowest BCUT2D eigenvalue weighted by Crippen LogP contribution is -2.62. The zero-order valence-corrected chi connectivity index (χ0v) is 14.7. The van der Waals surface area contributed by atoms with Crippen LogP contribution in [0.15, 0.2) is 18.2 Å². The van der Waals surface area contributed by atoms with Gasteiger partial charge in [-0.3, -0.25) is 14.6 Å². The molecule has 132 valence electrons. The van der Waals surface area contributed by atoms with Crippen molar-refractivity contribution in [1.82, 2.24) is 9.80 Å². The van der Waals surface area contributed by atoms with Crippen LogP contribution in [0.25, 0.3) is 0 Å². The number of benzene rings is 1. The molecule has 2 aliphatic rings. The van der Waals surface area contributed by atoms with Gasteiger partial charge in [-0.25, -0.2) is 0 Å². The Balaban J connectivity index is 2.00. The summed E-state index contributed by atoms with van der Waals surface area (Å²) in [5, 5.41) is 14.7. The SMILES string of the molecule is COc1cc([N+]2(C3CCNCC3)CCC(C)CC2)ccc1[N+](=O)[O-]. The molecule has 0 radical (unpaired) electrons. The van der Waals surface area contributed by atoms with Crippen LogP contribution in [0.2, 0.25) is 0 Å². The molecule has 2 heterocycles. The number of ether oxygens (including phenoxy) is 1. The fraction of sp³-hybridized carbons (Fsp3) is 0.667. The van der Waals surface area contributed by atoms with E-state index in [1.807, 2.05) is 12.1 Å². The third-order valence-electron chi connectivity index (χ3n) is 5.92. The van der Waals surface area contributed by atoms with Gasteiger partial charge >= 0.3 is 5.69 Å². The second kappa shape index (κ2) is 7.07. The highest BCUT2D eigenvalue weighted by Gasteiger charge is 2.43. The first kappa shape index (κ1) is 17.2. The van der Waals surface area contributed by atoms with Gasteiger partial charge in [0.05, 0.1) is 31.2 Å². The molecule has 0 amide bonds. The Kier molecular flexibility index (Phi) is 5.06. The van der Waals surface area contributed by atoms with Gasteiger partial charge < -0.3 is 10.1 Å². The van der Waals surface area contributed by atoms with Crippen LogP contribution in [-0.2, 0) is 0 Å². The predicted molar refractivity (Wildman–Crippen MR) is 95.5 cm³/mol. The van der Waals surface area contributed by atoms with Gasteiger partial charge in [0, 0.05) is 44.1 Å². The Bertz CT molecular complexity index is 591. The first-order valence-corrected chi connectivity index (χ1v) is 8.97. The molecule has 6 nitrogen and oxygen atoms in total. The Labute approximate surface area is 143 Å². The summed E-state index contributed by atoms with van der Waals surface area (Å²) in [6.07, 6.45) is 4.74. The largest absolute Gasteiger partial charge is 0.490 e. The molecular formula is C18H28N3O3+. The van der Waals surface area contributed by atoms with E-state index in [4.69, 9.17) is 4.74 Å². The number of hydrogen-bond acceptors (Lipinski definition) is 4. The molecule has 1 N–H and O–H groups in total. The van der Waals surface area contributed by atoms with Crippen molar-refractivity contribution in [3.63, 3.8) is 0 Å². The number of nitrogens with zero attached hydrogens (tertiary/aromatic N) is 2. The van der Waals surface area contributed by atoms with Gasteiger partial charge in [-0.05, 0) is 18.8 Å². The summed E-state index contributed by atoms with van der Waals surface area (Å²) in [6, 6.07) is 6.08. The fourth-order valence-electron chi connectivity index (χ4n) is 4.39. The van der Waals surface area contributed by atoms with Crippen molar-refractivity contribution in [2.24, 2.45) is 5.92 Å². The Morgan fingerprint density at radius 1 is 1.21 bits per heavy atom. The number of likely N-dealkylation sites (tertiary alicyclic amines) is 1. The fourth-order valence-corrected chi connectivity index (χ4v) is 4.39. The molecule has 2 aliphatic heterocycles. The van der Waals surface area contributed by atoms with E-state index in [2.05, 4.69) is 12.2 Å². The Morgan fingerprint density at radius 3 is 2.46 bits per heavy atom. The summed E-state index contributed by atoms with van der Waals surface area (Å²) in [6.45, 7) is 6.68. The summed E-state index contributed by atoms with van der Waals surface area (Å²) in [5.74, 6) is 1.14. The molecule has 2 fully saturated rings. The summed E-state index contributed by atoms with van der Waals surface area (Å²) in [4.78, 5) is 10.8. The molecule has 0 saturated carbocycles. The molecule has 0 spiro atoms. The number of piperidine rings is 2. The smallest absolute Gasteiger partial charge is 0.311 e. The zero-order valence-electron chi connectivity index (χ0n) is 14.7. The van der Waals surface area contributed by atoms with E-state index in [9.17, 15) is 10.1 Å². The van der Waals surface area contributed by atoms with Gasteiger partial charge in [0.1, 0.15) is 5.69 Å². The Morgan fingerprint density at radius 2 is 1.88 bits per heavy atom. The molecule has 0 unspecified atom stereocenters. The molecule has 6 heteroatoms. The number of hydrogen-bond donors (Lipinski definition) is 1. The molecule has 0 bridgehead atoms. The normalized spacial score (nSPS) is 28.5. The van der Waals surface area contributed by atoms with Gasteiger partial charge in [-0.1, -0.05) is 6.92 Å². The predicted octanol–water partition coefficient (Wildman–Crippen LogP) is 3.09. The highest BCUT2D eigenvalue weighted by atomic mass is 16.6. The molecule has 1 aromatic carbocycles. The van der Waals surface area contributed by atoms with Gasteiger partial charge in [-0.15, -0.1) is 0 Å². The van der Waals surface area contributed by atoms with Crippen molar-refractivity contribution in [3.05, 3.63) is 28.3 Å². The van der Waals surface area contributed by atoms with E-state index < -0.39 is 0 Å². The molecule has 0 aromatic heterocycles. The van der Waals surface area contributed by atoms with Gasteiger partial charge in [0.25, 0.3) is 0 Å². The van der Waals surface area contributed by atoms with Crippen molar-refractivity contribution in [1.29, 1.82) is 0 Å². The standard InChI is InChI=1S/C18H28N3O3/c1-14-7-11-21(12-8-14,15-5-9-19-10-6-15)16-3-4-17(20(22)23)18(13-16)24-2/h3-4,13-15,19H,5-12H2,1-2H3/q+1. The average Bonchev–Trinajstić information content (AvgIpc) is 2.62. The Hall–Kier alpha value is -1.66. The summed E-state index contributed by atoms with van der Waals surface area (Å²) in [7, 11) is 1.51. The minimum Gasteiger partial charge on any atom is -0.490 e. The van der Waals surface area contributed by atoms with Gasteiger partial charge in [-0.2, -0.15) is 0 Å². The number of nitro benzene ring substituents is 1. The summed E-state index contributed by atoms with van der Waals surface area (Å²) < 4.78 is 6.29.